The number of carbonyl (C=O) groups excluding carboxylic acids is 3. The Morgan fingerprint density at radius 2 is 1.81 bits per heavy atom. The minimum atomic E-state index is -2.27. The molecule has 0 spiro atoms. The number of nitrogens with zero attached hydrogens (tertiary/aromatic N) is 2. The van der Waals surface area contributed by atoms with Crippen molar-refractivity contribution in [2.45, 2.75) is 69.4 Å². The van der Waals surface area contributed by atoms with Crippen LogP contribution in [0.4, 0.5) is 0 Å². The van der Waals surface area contributed by atoms with Gasteiger partial charge in [-0.15, -0.1) is 0 Å². The molecule has 14 heteroatoms. The summed E-state index contributed by atoms with van der Waals surface area (Å²) in [6.07, 6.45) is -5.20. The van der Waals surface area contributed by atoms with Crippen molar-refractivity contribution in [1.82, 2.24) is 4.90 Å². The molecule has 0 amide bonds. The van der Waals surface area contributed by atoms with Crippen LogP contribution in [0, 0.1) is 0 Å². The van der Waals surface area contributed by atoms with Gasteiger partial charge in [0.05, 0.1) is 61.1 Å². The molecule has 5 N–H and O–H groups in total. The molecule has 5 unspecified atom stereocenters. The van der Waals surface area contributed by atoms with Crippen molar-refractivity contribution in [3.63, 3.8) is 0 Å². The Hall–Kier alpha value is -3.92. The fraction of sp³-hybridized carbons (Fsp3) is 0.515. The van der Waals surface area contributed by atoms with E-state index in [2.05, 4.69) is 0 Å². The molecule has 2 heterocycles. The number of benzene rings is 2. The zero-order valence-corrected chi connectivity index (χ0v) is 26.3. The Kier molecular flexibility index (Phi) is 8.84. The number of fused-ring (bicyclic) bond motifs is 3. The highest BCUT2D eigenvalue weighted by atomic mass is 16.7. The predicted molar refractivity (Wildman–Crippen MR) is 163 cm³/mol. The number of phenolic OH excluding ortho intramolecular Hbond substituents is 2. The van der Waals surface area contributed by atoms with Crippen LogP contribution in [0.5, 0.6) is 17.2 Å². The lowest BCUT2D eigenvalue weighted by atomic mass is 9.72. The van der Waals surface area contributed by atoms with E-state index >= 15 is 0 Å². The Bertz CT molecular complexity index is 1650. The second kappa shape index (κ2) is 12.6. The predicted octanol–water partition coefficient (Wildman–Crippen LogP) is 0.793. The van der Waals surface area contributed by atoms with Gasteiger partial charge in [0.15, 0.2) is 17.9 Å². The number of hydrogen-bond donors (Lipinski definition) is 5. The van der Waals surface area contributed by atoms with Gasteiger partial charge >= 0.3 is 0 Å². The van der Waals surface area contributed by atoms with E-state index in [1.54, 1.807) is 6.92 Å². The molecule has 14 nitrogen and oxygen atoms in total. The number of rotatable bonds is 6. The van der Waals surface area contributed by atoms with Crippen LogP contribution < -0.4 is 4.74 Å². The average Bonchev–Trinajstić information content (AvgIpc) is 3.06. The topological polar surface area (TPSA) is 205 Å². The third-order valence-electron chi connectivity index (χ3n) is 9.55. The molecule has 0 bridgehead atoms. The van der Waals surface area contributed by atoms with Gasteiger partial charge in [-0.2, -0.15) is 0 Å². The number of aliphatic hydroxyl groups excluding tert-OH is 2. The Morgan fingerprint density at radius 1 is 1.11 bits per heavy atom. The molecule has 0 aromatic heterocycles. The molecular weight excluding hydrogens is 616 g/mol. The minimum Gasteiger partial charge on any atom is -0.507 e. The van der Waals surface area contributed by atoms with Gasteiger partial charge < -0.3 is 49.4 Å². The summed E-state index contributed by atoms with van der Waals surface area (Å²) >= 11 is 0. The average molecular weight is 655 g/mol. The van der Waals surface area contributed by atoms with Crippen LogP contribution in [0.2, 0.25) is 0 Å². The molecule has 2 aliphatic carbocycles. The fourth-order valence-electron chi connectivity index (χ4n) is 7.03. The monoisotopic (exact) mass is 654 g/mol. The number of phenols is 2. The van der Waals surface area contributed by atoms with Crippen molar-refractivity contribution in [2.24, 2.45) is 4.99 Å². The van der Waals surface area contributed by atoms with E-state index in [-0.39, 0.29) is 34.4 Å². The summed E-state index contributed by atoms with van der Waals surface area (Å²) in [7, 11) is 1.33. The summed E-state index contributed by atoms with van der Waals surface area (Å²) in [6, 6.07) is 3.73. The van der Waals surface area contributed by atoms with Crippen molar-refractivity contribution >= 4 is 23.2 Å². The molecule has 252 valence electrons. The lowest BCUT2D eigenvalue weighted by molar-refractivity contribution is -0.247. The first-order valence-electron chi connectivity index (χ1n) is 15.5. The number of aromatic hydroxyl groups is 2. The summed E-state index contributed by atoms with van der Waals surface area (Å²) in [5.41, 5.74) is -3.64. The van der Waals surface area contributed by atoms with Crippen molar-refractivity contribution in [1.29, 1.82) is 0 Å². The van der Waals surface area contributed by atoms with E-state index in [0.717, 1.165) is 0 Å². The maximum atomic E-state index is 13.9. The molecule has 2 aromatic rings. The van der Waals surface area contributed by atoms with E-state index in [1.807, 2.05) is 11.8 Å². The van der Waals surface area contributed by atoms with E-state index < -0.39 is 95.7 Å². The first-order valence-corrected chi connectivity index (χ1v) is 15.5. The third-order valence-corrected chi connectivity index (χ3v) is 9.55. The first kappa shape index (κ1) is 33.0. The highest BCUT2D eigenvalue weighted by molar-refractivity contribution is 6.31. The van der Waals surface area contributed by atoms with Gasteiger partial charge in [0, 0.05) is 49.0 Å². The number of hydrogen-bond acceptors (Lipinski definition) is 13. The van der Waals surface area contributed by atoms with Gasteiger partial charge in [0.2, 0.25) is 5.78 Å². The number of ether oxygens (including phenoxy) is 4. The zero-order valence-electron chi connectivity index (χ0n) is 26.3. The fourth-order valence-corrected chi connectivity index (χ4v) is 7.03. The summed E-state index contributed by atoms with van der Waals surface area (Å²) in [6.45, 7) is 4.84. The number of amidine groups is 1. The number of aliphatic imine (C=N–C) groups is 1. The SMILES string of the molecule is COc1cccc2c1C(=O)c1c(O)c3c(c(O)c1C2=O)CC(O)(C(=O)CO)C[C@@H]3OC1CC(N=C(C)N2CCOCC2)C(O)C(C)O1. The summed E-state index contributed by atoms with van der Waals surface area (Å²) in [5, 5.41) is 55.4. The second-order valence-electron chi connectivity index (χ2n) is 12.3. The number of methoxy groups -OCH3 is 1. The van der Waals surface area contributed by atoms with Crippen LogP contribution in [0.1, 0.15) is 75.8 Å². The van der Waals surface area contributed by atoms with Crippen molar-refractivity contribution < 1.29 is 58.9 Å². The van der Waals surface area contributed by atoms with Gasteiger partial charge in [-0.05, 0) is 19.9 Å². The molecule has 4 aliphatic rings. The highest BCUT2D eigenvalue weighted by Crippen LogP contribution is 2.52. The maximum absolute atomic E-state index is 13.9. The van der Waals surface area contributed by atoms with Crippen molar-refractivity contribution in [3.8, 4) is 17.2 Å². The molecule has 47 heavy (non-hydrogen) atoms. The Labute approximate surface area is 270 Å². The molecule has 2 aliphatic heterocycles. The number of aliphatic hydroxyl groups is 3. The van der Waals surface area contributed by atoms with Crippen LogP contribution in [0.15, 0.2) is 23.2 Å². The number of ketones is 3. The number of carbonyl (C=O) groups is 3. The smallest absolute Gasteiger partial charge is 0.202 e. The molecule has 2 saturated heterocycles. The molecule has 2 aromatic carbocycles. The Balaban J connectivity index is 1.41. The molecule has 0 radical (unpaired) electrons. The molecule has 0 saturated carbocycles. The number of Topliss-reactive ketones (excluding diaryl/α,β-unsaturated/α-hetero) is 1. The van der Waals surface area contributed by atoms with Gasteiger partial charge in [0.25, 0.3) is 0 Å². The van der Waals surface area contributed by atoms with E-state index in [0.29, 0.717) is 32.1 Å². The lowest BCUT2D eigenvalue weighted by Crippen LogP contribution is -2.50. The molecule has 6 rings (SSSR count). The van der Waals surface area contributed by atoms with Gasteiger partial charge in [-0.25, -0.2) is 0 Å². The highest BCUT2D eigenvalue weighted by Gasteiger charge is 2.50. The van der Waals surface area contributed by atoms with Crippen LogP contribution in [0.25, 0.3) is 0 Å². The summed E-state index contributed by atoms with van der Waals surface area (Å²) < 4.78 is 23.0. The zero-order chi connectivity index (χ0) is 33.8. The maximum Gasteiger partial charge on any atom is 0.202 e. The van der Waals surface area contributed by atoms with Crippen LogP contribution >= 0.6 is 0 Å². The second-order valence-corrected chi connectivity index (χ2v) is 12.3. The van der Waals surface area contributed by atoms with Crippen molar-refractivity contribution in [2.75, 3.05) is 40.0 Å². The lowest BCUT2D eigenvalue weighted by Gasteiger charge is -2.42. The molecule has 2 fully saturated rings. The third kappa shape index (κ3) is 5.58. The molecule has 6 atom stereocenters. The first-order chi connectivity index (χ1) is 22.4. The Morgan fingerprint density at radius 3 is 2.49 bits per heavy atom. The summed E-state index contributed by atoms with van der Waals surface area (Å²) in [5.74, 6) is -3.07. The quantitative estimate of drug-likeness (QED) is 0.142. The van der Waals surface area contributed by atoms with E-state index in [4.69, 9.17) is 23.9 Å². The summed E-state index contributed by atoms with van der Waals surface area (Å²) in [4.78, 5) is 47.2. The standard InChI is InChI=1S/C33H38N2O12/c1-15-28(38)19(34-16(2)35-7-9-45-10-8-35)11-23(46-15)47-21-13-33(43,22(37)14-36)12-18-25(21)32(42)27-26(30(18)40)29(39)17-5-4-6-20(44-3)24(17)31(27)41/h4-6,15,19,21,23,28,36,38,40,42-43H,7-14H2,1-3H3/t15?,19?,21-,23?,28?,33?/m0/s1. The minimum absolute atomic E-state index is 0.0467. The normalized spacial score (nSPS) is 29.2. The van der Waals surface area contributed by atoms with E-state index in [9.17, 15) is 39.9 Å². The largest absolute Gasteiger partial charge is 0.507 e. The van der Waals surface area contributed by atoms with Crippen LogP contribution in [-0.4, -0.2) is 124 Å². The van der Waals surface area contributed by atoms with Gasteiger partial charge in [0.1, 0.15) is 35.6 Å². The van der Waals surface area contributed by atoms with Gasteiger partial charge in [-0.1, -0.05) is 12.1 Å². The van der Waals surface area contributed by atoms with Crippen LogP contribution in [-0.2, 0) is 25.4 Å². The van der Waals surface area contributed by atoms with Crippen LogP contribution in [0.3, 0.4) is 0 Å². The van der Waals surface area contributed by atoms with Gasteiger partial charge in [-0.3, -0.25) is 19.4 Å². The number of morpholine rings is 1. The van der Waals surface area contributed by atoms with Crippen molar-refractivity contribution in [3.05, 3.63) is 51.6 Å². The van der Waals surface area contributed by atoms with E-state index in [1.165, 1.54) is 25.3 Å². The molecular formula is C33H38N2O12.